The van der Waals surface area contributed by atoms with Crippen molar-refractivity contribution in [3.63, 3.8) is 0 Å². The third-order valence-corrected chi connectivity index (χ3v) is 2.21. The fourth-order valence-electron chi connectivity index (χ4n) is 1.33. The Labute approximate surface area is 104 Å². The normalized spacial score (nSPS) is 10.7. The van der Waals surface area contributed by atoms with Gasteiger partial charge in [-0.25, -0.2) is 0 Å². The van der Waals surface area contributed by atoms with Gasteiger partial charge in [-0.15, -0.1) is 0 Å². The lowest BCUT2D eigenvalue weighted by Gasteiger charge is -2.18. The van der Waals surface area contributed by atoms with Crippen LogP contribution in [-0.2, 0) is 9.59 Å². The molecule has 0 unspecified atom stereocenters. The second-order valence-electron chi connectivity index (χ2n) is 3.54. The molecule has 0 aliphatic carbocycles. The number of carbonyl (C=O) groups excluding carboxylic acids is 1. The second kappa shape index (κ2) is 7.29. The van der Waals surface area contributed by atoms with Crippen LogP contribution >= 0.6 is 0 Å². The van der Waals surface area contributed by atoms with Crippen molar-refractivity contribution in [2.45, 2.75) is 6.42 Å². The van der Waals surface area contributed by atoms with Gasteiger partial charge in [0.1, 0.15) is 5.76 Å². The maximum atomic E-state index is 11.7. The molecule has 0 aromatic carbocycles. The van der Waals surface area contributed by atoms with E-state index in [1.54, 1.807) is 12.1 Å². The Hall–Kier alpha value is -2.08. The van der Waals surface area contributed by atoms with Crippen molar-refractivity contribution in [2.24, 2.45) is 0 Å². The van der Waals surface area contributed by atoms with Gasteiger partial charge in [0, 0.05) is 19.2 Å². The van der Waals surface area contributed by atoms with Gasteiger partial charge in [-0.1, -0.05) is 0 Å². The van der Waals surface area contributed by atoms with Crippen LogP contribution in [0.2, 0.25) is 0 Å². The summed E-state index contributed by atoms with van der Waals surface area (Å²) in [6.07, 6.45) is 4.12. The molecule has 18 heavy (non-hydrogen) atoms. The van der Waals surface area contributed by atoms with E-state index < -0.39 is 5.97 Å². The first-order chi connectivity index (χ1) is 8.63. The van der Waals surface area contributed by atoms with Crippen LogP contribution in [0.25, 0.3) is 6.08 Å². The highest BCUT2D eigenvalue weighted by atomic mass is 16.4. The highest BCUT2D eigenvalue weighted by Crippen LogP contribution is 2.03. The quantitative estimate of drug-likeness (QED) is 0.694. The summed E-state index contributed by atoms with van der Waals surface area (Å²) in [4.78, 5) is 23.4. The van der Waals surface area contributed by atoms with Crippen molar-refractivity contribution in [1.82, 2.24) is 4.90 Å². The minimum absolute atomic E-state index is 0.0667. The topological polar surface area (TPSA) is 91.0 Å². The van der Waals surface area contributed by atoms with Crippen molar-refractivity contribution in [1.29, 1.82) is 0 Å². The molecule has 0 atom stereocenters. The number of carboxylic acids is 1. The highest BCUT2D eigenvalue weighted by Gasteiger charge is 2.11. The lowest BCUT2D eigenvalue weighted by Crippen LogP contribution is -2.34. The van der Waals surface area contributed by atoms with Gasteiger partial charge >= 0.3 is 5.97 Å². The molecule has 0 fully saturated rings. The van der Waals surface area contributed by atoms with E-state index in [0.717, 1.165) is 0 Å². The fraction of sp³-hybridized carbons (Fsp3) is 0.333. The Bertz CT molecular complexity index is 410. The number of carbonyl (C=O) groups is 2. The monoisotopic (exact) mass is 253 g/mol. The molecular weight excluding hydrogens is 238 g/mol. The van der Waals surface area contributed by atoms with Crippen molar-refractivity contribution >= 4 is 18.0 Å². The number of hydrogen-bond acceptors (Lipinski definition) is 4. The van der Waals surface area contributed by atoms with Crippen LogP contribution < -0.4 is 0 Å². The van der Waals surface area contributed by atoms with Crippen molar-refractivity contribution in [2.75, 3.05) is 19.7 Å². The Morgan fingerprint density at radius 3 is 2.72 bits per heavy atom. The Morgan fingerprint density at radius 1 is 1.39 bits per heavy atom. The zero-order chi connectivity index (χ0) is 13.4. The molecule has 0 radical (unpaired) electrons. The number of rotatable bonds is 7. The summed E-state index contributed by atoms with van der Waals surface area (Å²) in [5, 5.41) is 17.4. The predicted octanol–water partition coefficient (Wildman–Crippen LogP) is 0.588. The van der Waals surface area contributed by atoms with E-state index >= 15 is 0 Å². The predicted molar refractivity (Wildman–Crippen MR) is 63.7 cm³/mol. The number of aliphatic hydroxyl groups excluding tert-OH is 1. The van der Waals surface area contributed by atoms with E-state index in [1.165, 1.54) is 23.3 Å². The summed E-state index contributed by atoms with van der Waals surface area (Å²) in [6.45, 7) is -0.0359. The number of amides is 1. The zero-order valence-corrected chi connectivity index (χ0v) is 9.78. The van der Waals surface area contributed by atoms with Gasteiger partial charge in [0.05, 0.1) is 19.3 Å². The lowest BCUT2D eigenvalue weighted by atomic mass is 10.3. The summed E-state index contributed by atoms with van der Waals surface area (Å²) in [5.41, 5.74) is 0. The van der Waals surface area contributed by atoms with Crippen LogP contribution in [0.1, 0.15) is 12.2 Å². The van der Waals surface area contributed by atoms with Crippen LogP contribution in [0.5, 0.6) is 0 Å². The summed E-state index contributed by atoms with van der Waals surface area (Å²) < 4.78 is 5.02. The number of aliphatic carboxylic acids is 1. The second-order valence-corrected chi connectivity index (χ2v) is 3.54. The summed E-state index contributed by atoms with van der Waals surface area (Å²) in [6, 6.07) is 3.39. The van der Waals surface area contributed by atoms with Crippen LogP contribution in [0.15, 0.2) is 28.9 Å². The third kappa shape index (κ3) is 4.84. The van der Waals surface area contributed by atoms with Crippen molar-refractivity contribution in [3.05, 3.63) is 30.2 Å². The summed E-state index contributed by atoms with van der Waals surface area (Å²) in [5.74, 6) is -0.812. The van der Waals surface area contributed by atoms with E-state index in [2.05, 4.69) is 0 Å². The van der Waals surface area contributed by atoms with E-state index in [1.807, 2.05) is 0 Å². The van der Waals surface area contributed by atoms with Gasteiger partial charge in [-0.2, -0.15) is 0 Å². The Balaban J connectivity index is 2.55. The van der Waals surface area contributed by atoms with Crippen LogP contribution in [-0.4, -0.2) is 46.7 Å². The van der Waals surface area contributed by atoms with Gasteiger partial charge in [-0.3, -0.25) is 9.59 Å². The van der Waals surface area contributed by atoms with E-state index in [9.17, 15) is 9.59 Å². The minimum atomic E-state index is -0.985. The zero-order valence-electron chi connectivity index (χ0n) is 9.78. The molecule has 1 heterocycles. The largest absolute Gasteiger partial charge is 0.481 e. The molecule has 0 saturated heterocycles. The molecule has 1 rings (SSSR count). The Morgan fingerprint density at radius 2 is 2.17 bits per heavy atom. The molecule has 2 N–H and O–H groups in total. The SMILES string of the molecule is O=C(O)CCN(CCO)C(=O)/C=C/c1ccco1. The number of nitrogens with zero attached hydrogens (tertiary/aromatic N) is 1. The van der Waals surface area contributed by atoms with E-state index in [-0.39, 0.29) is 32.0 Å². The molecule has 0 aliphatic rings. The average molecular weight is 253 g/mol. The van der Waals surface area contributed by atoms with Gasteiger partial charge in [0.2, 0.25) is 5.91 Å². The van der Waals surface area contributed by atoms with Crippen LogP contribution in [0.4, 0.5) is 0 Å². The highest BCUT2D eigenvalue weighted by molar-refractivity contribution is 5.91. The van der Waals surface area contributed by atoms with E-state index in [0.29, 0.717) is 5.76 Å². The maximum Gasteiger partial charge on any atom is 0.305 e. The fourth-order valence-corrected chi connectivity index (χ4v) is 1.33. The minimum Gasteiger partial charge on any atom is -0.481 e. The molecule has 6 nitrogen and oxygen atoms in total. The number of hydrogen-bond donors (Lipinski definition) is 2. The van der Waals surface area contributed by atoms with Gasteiger partial charge in [0.25, 0.3) is 0 Å². The molecular formula is C12H15NO5. The lowest BCUT2D eigenvalue weighted by molar-refractivity contribution is -0.138. The first-order valence-electron chi connectivity index (χ1n) is 5.46. The Kier molecular flexibility index (Phi) is 5.66. The molecule has 0 spiro atoms. The summed E-state index contributed by atoms with van der Waals surface area (Å²) >= 11 is 0. The number of aliphatic hydroxyl groups is 1. The number of carboxylic acid groups (broad SMARTS) is 1. The molecule has 0 saturated carbocycles. The molecule has 1 aromatic heterocycles. The molecule has 6 heteroatoms. The standard InChI is InChI=1S/C12H15NO5/c14-8-7-13(6-5-12(16)17)11(15)4-3-10-2-1-9-18-10/h1-4,9,14H,5-8H2,(H,16,17)/b4-3+. The van der Waals surface area contributed by atoms with Crippen molar-refractivity contribution < 1.29 is 24.2 Å². The van der Waals surface area contributed by atoms with Crippen molar-refractivity contribution in [3.8, 4) is 0 Å². The average Bonchev–Trinajstić information content (AvgIpc) is 2.84. The molecule has 98 valence electrons. The molecule has 0 aliphatic heterocycles. The number of furan rings is 1. The van der Waals surface area contributed by atoms with Crippen LogP contribution in [0, 0.1) is 0 Å². The molecule has 0 bridgehead atoms. The molecule has 1 aromatic rings. The van der Waals surface area contributed by atoms with Crippen LogP contribution in [0.3, 0.4) is 0 Å². The first-order valence-corrected chi connectivity index (χ1v) is 5.46. The maximum absolute atomic E-state index is 11.7. The summed E-state index contributed by atoms with van der Waals surface area (Å²) in [7, 11) is 0. The van der Waals surface area contributed by atoms with E-state index in [4.69, 9.17) is 14.6 Å². The smallest absolute Gasteiger partial charge is 0.305 e. The first kappa shape index (κ1) is 14.0. The molecule has 1 amide bonds. The van der Waals surface area contributed by atoms with Gasteiger partial charge in [-0.05, 0) is 18.2 Å². The van der Waals surface area contributed by atoms with Gasteiger partial charge < -0.3 is 19.5 Å². The van der Waals surface area contributed by atoms with Gasteiger partial charge in [0.15, 0.2) is 0 Å². The third-order valence-electron chi connectivity index (χ3n) is 2.21.